The van der Waals surface area contributed by atoms with E-state index < -0.39 is 17.9 Å². The van der Waals surface area contributed by atoms with Crippen LogP contribution in [0.2, 0.25) is 0 Å². The molecule has 0 saturated heterocycles. The Morgan fingerprint density at radius 3 is 2.50 bits per heavy atom. The maximum Gasteiger partial charge on any atom is 0.349 e. The molecule has 1 rings (SSSR count). The lowest BCUT2D eigenvalue weighted by molar-refractivity contribution is -0.147. The molecule has 0 aliphatic heterocycles. The number of ketones is 1. The minimum Gasteiger partial charge on any atom is -0.497 e. The van der Waals surface area contributed by atoms with Crippen LogP contribution in [0, 0.1) is 0 Å². The fourth-order valence-electron chi connectivity index (χ4n) is 1.53. The maximum absolute atomic E-state index is 13.8. The van der Waals surface area contributed by atoms with Gasteiger partial charge in [0.15, 0.2) is 0 Å². The summed E-state index contributed by atoms with van der Waals surface area (Å²) in [6, 6.07) is 4.36. The first kappa shape index (κ1) is 15.9. The van der Waals surface area contributed by atoms with Gasteiger partial charge in [-0.15, -0.1) is 0 Å². The van der Waals surface area contributed by atoms with Gasteiger partial charge in [0.05, 0.1) is 26.4 Å². The number of benzene rings is 1. The first-order valence-electron chi connectivity index (χ1n) is 6.12. The van der Waals surface area contributed by atoms with Crippen molar-refractivity contribution in [2.24, 2.45) is 0 Å². The average Bonchev–Trinajstić information content (AvgIpc) is 2.50. The van der Waals surface area contributed by atoms with Crippen molar-refractivity contribution in [3.8, 4) is 11.5 Å². The van der Waals surface area contributed by atoms with Crippen molar-refractivity contribution < 1.29 is 28.2 Å². The van der Waals surface area contributed by atoms with Crippen LogP contribution in [0.1, 0.15) is 23.7 Å². The molecule has 0 saturated carbocycles. The number of esters is 1. The standard InChI is InChI=1S/C14H17FO5/c1-4-7-20-14(17)12(15)13(16)10-8-9(18-2)5-6-11(10)19-3/h5-6,8,12H,4,7H2,1-3H3. The predicted molar refractivity (Wildman–Crippen MR) is 70.0 cm³/mol. The summed E-state index contributed by atoms with van der Waals surface area (Å²) in [4.78, 5) is 23.4. The number of carbonyl (C=O) groups excluding carboxylic acids is 2. The van der Waals surface area contributed by atoms with Crippen LogP contribution in [-0.2, 0) is 9.53 Å². The summed E-state index contributed by atoms with van der Waals surface area (Å²) in [6.07, 6.45) is -1.82. The van der Waals surface area contributed by atoms with E-state index in [4.69, 9.17) is 9.47 Å². The summed E-state index contributed by atoms with van der Waals surface area (Å²) < 4.78 is 28.4. The summed E-state index contributed by atoms with van der Waals surface area (Å²) in [6.45, 7) is 1.84. The van der Waals surface area contributed by atoms with Crippen molar-refractivity contribution >= 4 is 11.8 Å². The molecule has 0 heterocycles. The first-order chi connectivity index (χ1) is 9.54. The van der Waals surface area contributed by atoms with Gasteiger partial charge in [0.2, 0.25) is 5.78 Å². The third-order valence-corrected chi connectivity index (χ3v) is 2.56. The first-order valence-corrected chi connectivity index (χ1v) is 6.12. The van der Waals surface area contributed by atoms with E-state index in [1.165, 1.54) is 26.4 Å². The lowest BCUT2D eigenvalue weighted by atomic mass is 10.1. The van der Waals surface area contributed by atoms with Crippen LogP contribution in [0.25, 0.3) is 0 Å². The highest BCUT2D eigenvalue weighted by Crippen LogP contribution is 2.26. The number of methoxy groups -OCH3 is 2. The number of ether oxygens (including phenoxy) is 3. The minimum absolute atomic E-state index is 0.0622. The molecule has 5 nitrogen and oxygen atoms in total. The van der Waals surface area contributed by atoms with Gasteiger partial charge in [-0.2, -0.15) is 0 Å². The third-order valence-electron chi connectivity index (χ3n) is 2.56. The van der Waals surface area contributed by atoms with E-state index in [0.29, 0.717) is 12.2 Å². The number of carbonyl (C=O) groups is 2. The molecular weight excluding hydrogens is 267 g/mol. The Morgan fingerprint density at radius 2 is 1.95 bits per heavy atom. The Hall–Kier alpha value is -2.11. The summed E-state index contributed by atoms with van der Waals surface area (Å²) in [5, 5.41) is 0. The summed E-state index contributed by atoms with van der Waals surface area (Å²) in [5.74, 6) is -1.67. The molecule has 20 heavy (non-hydrogen) atoms. The van der Waals surface area contributed by atoms with Crippen molar-refractivity contribution in [3.63, 3.8) is 0 Å². The molecule has 0 bridgehead atoms. The second-order valence-electron chi connectivity index (χ2n) is 3.96. The Labute approximate surface area is 116 Å². The van der Waals surface area contributed by atoms with Gasteiger partial charge in [0.1, 0.15) is 11.5 Å². The van der Waals surface area contributed by atoms with E-state index in [-0.39, 0.29) is 17.9 Å². The van der Waals surface area contributed by atoms with E-state index in [0.717, 1.165) is 0 Å². The smallest absolute Gasteiger partial charge is 0.349 e. The molecule has 0 radical (unpaired) electrons. The molecule has 0 spiro atoms. The number of hydrogen-bond donors (Lipinski definition) is 0. The zero-order valence-electron chi connectivity index (χ0n) is 11.6. The van der Waals surface area contributed by atoms with Crippen LogP contribution in [0.3, 0.4) is 0 Å². The summed E-state index contributed by atoms with van der Waals surface area (Å²) in [5.41, 5.74) is -0.0622. The number of alkyl halides is 1. The van der Waals surface area contributed by atoms with E-state index >= 15 is 0 Å². The van der Waals surface area contributed by atoms with Gasteiger partial charge in [-0.25, -0.2) is 9.18 Å². The van der Waals surface area contributed by atoms with Crippen LogP contribution in [0.5, 0.6) is 11.5 Å². The monoisotopic (exact) mass is 284 g/mol. The van der Waals surface area contributed by atoms with Crippen LogP contribution in [-0.4, -0.2) is 38.8 Å². The van der Waals surface area contributed by atoms with Gasteiger partial charge in [-0.1, -0.05) is 6.92 Å². The van der Waals surface area contributed by atoms with Crippen molar-refractivity contribution in [1.29, 1.82) is 0 Å². The lowest BCUT2D eigenvalue weighted by Crippen LogP contribution is -2.28. The molecule has 0 N–H and O–H groups in total. The van der Waals surface area contributed by atoms with Gasteiger partial charge in [-0.05, 0) is 24.6 Å². The largest absolute Gasteiger partial charge is 0.497 e. The van der Waals surface area contributed by atoms with Gasteiger partial charge in [0.25, 0.3) is 6.17 Å². The van der Waals surface area contributed by atoms with Gasteiger partial charge in [0, 0.05) is 0 Å². The van der Waals surface area contributed by atoms with Crippen molar-refractivity contribution in [1.82, 2.24) is 0 Å². The molecule has 6 heteroatoms. The maximum atomic E-state index is 13.8. The van der Waals surface area contributed by atoms with Crippen LogP contribution >= 0.6 is 0 Å². The Morgan fingerprint density at radius 1 is 1.25 bits per heavy atom. The fourth-order valence-corrected chi connectivity index (χ4v) is 1.53. The molecule has 0 fully saturated rings. The SMILES string of the molecule is CCCOC(=O)C(F)C(=O)c1cc(OC)ccc1OC. The Kier molecular flexibility index (Phi) is 5.96. The highest BCUT2D eigenvalue weighted by molar-refractivity contribution is 6.12. The zero-order chi connectivity index (χ0) is 15.1. The van der Waals surface area contributed by atoms with Crippen LogP contribution < -0.4 is 9.47 Å². The summed E-state index contributed by atoms with van der Waals surface area (Å²) in [7, 11) is 2.76. The molecular formula is C14H17FO5. The lowest BCUT2D eigenvalue weighted by Gasteiger charge is -2.11. The van der Waals surface area contributed by atoms with Gasteiger partial charge in [-0.3, -0.25) is 4.79 Å². The number of halogens is 1. The van der Waals surface area contributed by atoms with E-state index in [1.807, 2.05) is 0 Å². The zero-order valence-corrected chi connectivity index (χ0v) is 11.6. The van der Waals surface area contributed by atoms with E-state index in [1.54, 1.807) is 13.0 Å². The molecule has 1 atom stereocenters. The second-order valence-corrected chi connectivity index (χ2v) is 3.96. The Bertz CT molecular complexity index is 486. The number of rotatable bonds is 7. The Balaban J connectivity index is 2.97. The molecule has 1 aromatic carbocycles. The molecule has 0 aliphatic carbocycles. The molecule has 0 aromatic heterocycles. The fraction of sp³-hybridized carbons (Fsp3) is 0.429. The van der Waals surface area contributed by atoms with E-state index in [9.17, 15) is 14.0 Å². The number of Topliss-reactive ketones (excluding diaryl/α,β-unsaturated/α-hetero) is 1. The van der Waals surface area contributed by atoms with Gasteiger partial charge >= 0.3 is 5.97 Å². The third kappa shape index (κ3) is 3.69. The molecule has 0 aliphatic rings. The molecule has 0 amide bonds. The average molecular weight is 284 g/mol. The number of hydrogen-bond acceptors (Lipinski definition) is 5. The van der Waals surface area contributed by atoms with Crippen LogP contribution in [0.4, 0.5) is 4.39 Å². The second kappa shape index (κ2) is 7.47. The summed E-state index contributed by atoms with van der Waals surface area (Å²) >= 11 is 0. The quantitative estimate of drug-likeness (QED) is 0.436. The van der Waals surface area contributed by atoms with Crippen LogP contribution in [0.15, 0.2) is 18.2 Å². The van der Waals surface area contributed by atoms with Crippen molar-refractivity contribution in [2.45, 2.75) is 19.5 Å². The topological polar surface area (TPSA) is 61.8 Å². The van der Waals surface area contributed by atoms with Gasteiger partial charge < -0.3 is 14.2 Å². The highest BCUT2D eigenvalue weighted by atomic mass is 19.1. The molecule has 110 valence electrons. The van der Waals surface area contributed by atoms with E-state index in [2.05, 4.69) is 4.74 Å². The predicted octanol–water partition coefficient (Wildman–Crippen LogP) is 2.18. The van der Waals surface area contributed by atoms with Crippen molar-refractivity contribution in [2.75, 3.05) is 20.8 Å². The van der Waals surface area contributed by atoms with Crippen molar-refractivity contribution in [3.05, 3.63) is 23.8 Å². The highest BCUT2D eigenvalue weighted by Gasteiger charge is 2.31. The molecule has 1 aromatic rings. The minimum atomic E-state index is -2.37. The normalized spacial score (nSPS) is 11.6. The molecule has 1 unspecified atom stereocenters.